The molecule has 2 heterocycles. The summed E-state index contributed by atoms with van der Waals surface area (Å²) in [6.07, 6.45) is -3.35. The first kappa shape index (κ1) is 32.3. The predicted molar refractivity (Wildman–Crippen MR) is 164 cm³/mol. The van der Waals surface area contributed by atoms with Gasteiger partial charge in [0, 0.05) is 37.9 Å². The van der Waals surface area contributed by atoms with E-state index in [0.29, 0.717) is 55.6 Å². The topological polar surface area (TPSA) is 123 Å². The summed E-state index contributed by atoms with van der Waals surface area (Å²) in [5.74, 6) is -1.33. The molecule has 0 aromatic heterocycles. The molecule has 0 bridgehead atoms. The predicted octanol–water partition coefficient (Wildman–Crippen LogP) is 6.19. The number of anilines is 1. The second kappa shape index (κ2) is 13.5. The second-order valence-corrected chi connectivity index (χ2v) is 11.1. The van der Waals surface area contributed by atoms with Crippen molar-refractivity contribution in [2.45, 2.75) is 13.1 Å². The number of alkyl halides is 3. The molecule has 2 aliphatic heterocycles. The van der Waals surface area contributed by atoms with Gasteiger partial charge in [-0.25, -0.2) is 0 Å². The number of carbonyl (C=O) groups excluding carboxylic acids is 3. The van der Waals surface area contributed by atoms with E-state index in [4.69, 9.17) is 9.47 Å². The van der Waals surface area contributed by atoms with E-state index < -0.39 is 45.8 Å². The van der Waals surface area contributed by atoms with Gasteiger partial charge in [0.2, 0.25) is 11.7 Å². The number of nitrogens with zero attached hydrogens (tertiary/aromatic N) is 4. The van der Waals surface area contributed by atoms with E-state index in [9.17, 15) is 37.7 Å². The number of benzene rings is 3. The standard InChI is InChI=1S/C31H27F3N4O7S/c1-2-44-26-16-20(8-10-25(26)45-24-11-9-21(31(32,33)34)18-23(24)38(42)43)17-27-29(40)37(30(41)46-27)19-28(39)36-14-12-35(13-15-36)22-6-4-3-5-7-22/h3-11,16-18H,2,12-15,19H2,1H3/b27-17+. The lowest BCUT2D eigenvalue weighted by Gasteiger charge is -2.36. The Hall–Kier alpha value is -5.05. The Labute approximate surface area is 265 Å². The number of halogens is 3. The van der Waals surface area contributed by atoms with Crippen LogP contribution < -0.4 is 14.4 Å². The second-order valence-electron chi connectivity index (χ2n) is 10.1. The van der Waals surface area contributed by atoms with Crippen LogP contribution >= 0.6 is 11.8 Å². The van der Waals surface area contributed by atoms with Crippen molar-refractivity contribution in [3.8, 4) is 17.2 Å². The average Bonchev–Trinajstić information content (AvgIpc) is 3.29. The molecule has 0 saturated carbocycles. The minimum Gasteiger partial charge on any atom is -0.490 e. The fourth-order valence-corrected chi connectivity index (χ4v) is 5.72. The summed E-state index contributed by atoms with van der Waals surface area (Å²) in [6.45, 7) is 3.55. The van der Waals surface area contributed by atoms with Gasteiger partial charge in [-0.3, -0.25) is 29.4 Å². The Morgan fingerprint density at radius 1 is 0.978 bits per heavy atom. The van der Waals surface area contributed by atoms with E-state index >= 15 is 0 Å². The molecule has 3 aromatic carbocycles. The number of para-hydroxylation sites is 1. The van der Waals surface area contributed by atoms with Crippen molar-refractivity contribution < 1.29 is 42.0 Å². The van der Waals surface area contributed by atoms with Gasteiger partial charge in [-0.1, -0.05) is 24.3 Å². The van der Waals surface area contributed by atoms with Crippen LogP contribution in [0.5, 0.6) is 17.2 Å². The zero-order valence-corrected chi connectivity index (χ0v) is 25.2. The van der Waals surface area contributed by atoms with E-state index in [1.807, 2.05) is 30.3 Å². The quantitative estimate of drug-likeness (QED) is 0.151. The Balaban J connectivity index is 1.27. The van der Waals surface area contributed by atoms with Gasteiger partial charge < -0.3 is 19.3 Å². The average molecular weight is 657 g/mol. The summed E-state index contributed by atoms with van der Waals surface area (Å²) in [5, 5.41) is 10.9. The number of hydrogen-bond donors (Lipinski definition) is 0. The minimum absolute atomic E-state index is 0.0204. The number of nitro groups is 1. The molecule has 2 fully saturated rings. The smallest absolute Gasteiger partial charge is 0.416 e. The van der Waals surface area contributed by atoms with Gasteiger partial charge >= 0.3 is 11.9 Å². The highest BCUT2D eigenvalue weighted by atomic mass is 32.2. The van der Waals surface area contributed by atoms with Crippen molar-refractivity contribution in [2.75, 3.05) is 44.2 Å². The van der Waals surface area contributed by atoms with Crippen LogP contribution in [0.15, 0.2) is 71.6 Å². The van der Waals surface area contributed by atoms with Crippen LogP contribution in [-0.2, 0) is 15.8 Å². The van der Waals surface area contributed by atoms with Gasteiger partial charge in [-0.15, -0.1) is 0 Å². The highest BCUT2D eigenvalue weighted by Gasteiger charge is 2.38. The molecule has 5 rings (SSSR count). The van der Waals surface area contributed by atoms with Crippen LogP contribution in [0.2, 0.25) is 0 Å². The van der Waals surface area contributed by atoms with Crippen molar-refractivity contribution in [3.05, 3.63) is 92.9 Å². The third-order valence-corrected chi connectivity index (χ3v) is 8.10. The molecule has 3 amide bonds. The van der Waals surface area contributed by atoms with Gasteiger partial charge in [-0.05, 0) is 66.7 Å². The molecule has 0 aliphatic carbocycles. The zero-order chi connectivity index (χ0) is 33.0. The number of amides is 3. The van der Waals surface area contributed by atoms with E-state index in [2.05, 4.69) is 4.90 Å². The van der Waals surface area contributed by atoms with Crippen LogP contribution in [0, 0.1) is 10.1 Å². The largest absolute Gasteiger partial charge is 0.490 e. The van der Waals surface area contributed by atoms with Crippen molar-refractivity contribution in [1.29, 1.82) is 0 Å². The van der Waals surface area contributed by atoms with Gasteiger partial charge in [0.1, 0.15) is 6.54 Å². The zero-order valence-electron chi connectivity index (χ0n) is 24.4. The van der Waals surface area contributed by atoms with E-state index in [1.165, 1.54) is 24.3 Å². The normalized spacial score (nSPS) is 16.3. The molecule has 0 spiro atoms. The molecule has 2 aliphatic rings. The fourth-order valence-electron chi connectivity index (χ4n) is 4.88. The maximum absolute atomic E-state index is 13.1. The lowest BCUT2D eigenvalue weighted by Crippen LogP contribution is -2.51. The Morgan fingerprint density at radius 3 is 2.33 bits per heavy atom. The first-order valence-electron chi connectivity index (χ1n) is 14.1. The number of nitro benzene ring substituents is 1. The van der Waals surface area contributed by atoms with Crippen LogP contribution in [0.4, 0.5) is 29.3 Å². The Morgan fingerprint density at radius 2 is 1.67 bits per heavy atom. The molecule has 240 valence electrons. The Kier molecular flexibility index (Phi) is 9.51. The van der Waals surface area contributed by atoms with Crippen LogP contribution in [0.3, 0.4) is 0 Å². The lowest BCUT2D eigenvalue weighted by molar-refractivity contribution is -0.385. The maximum atomic E-state index is 13.1. The minimum atomic E-state index is -4.78. The number of rotatable bonds is 9. The number of piperazine rings is 1. The molecular formula is C31H27F3N4O7S. The van der Waals surface area contributed by atoms with Crippen LogP contribution in [0.25, 0.3) is 6.08 Å². The number of thioether (sulfide) groups is 1. The van der Waals surface area contributed by atoms with Crippen LogP contribution in [-0.4, -0.2) is 71.1 Å². The van der Waals surface area contributed by atoms with Crippen molar-refractivity contribution >= 4 is 46.3 Å². The summed E-state index contributed by atoms with van der Waals surface area (Å²) >= 11 is 0.678. The summed E-state index contributed by atoms with van der Waals surface area (Å²) < 4.78 is 50.5. The molecule has 3 aromatic rings. The van der Waals surface area contributed by atoms with E-state index in [0.717, 1.165) is 16.7 Å². The van der Waals surface area contributed by atoms with Gasteiger partial charge in [0.25, 0.3) is 11.1 Å². The SMILES string of the molecule is CCOc1cc(/C=C2/SC(=O)N(CC(=O)N3CCN(c4ccccc4)CC3)C2=O)ccc1Oc1ccc(C(F)(F)F)cc1[N+](=O)[O-]. The van der Waals surface area contributed by atoms with E-state index in [1.54, 1.807) is 11.8 Å². The highest BCUT2D eigenvalue weighted by molar-refractivity contribution is 8.18. The molecular weight excluding hydrogens is 629 g/mol. The van der Waals surface area contributed by atoms with Crippen LogP contribution in [0.1, 0.15) is 18.1 Å². The molecule has 0 radical (unpaired) electrons. The van der Waals surface area contributed by atoms with Crippen molar-refractivity contribution in [1.82, 2.24) is 9.80 Å². The summed E-state index contributed by atoms with van der Waals surface area (Å²) in [7, 11) is 0. The summed E-state index contributed by atoms with van der Waals surface area (Å²) in [6, 6.07) is 16.0. The number of carbonyl (C=O) groups is 3. The number of ether oxygens (including phenoxy) is 2. The fraction of sp³-hybridized carbons (Fsp3) is 0.258. The van der Waals surface area contributed by atoms with Crippen molar-refractivity contribution in [2.24, 2.45) is 0 Å². The van der Waals surface area contributed by atoms with Gasteiger partial charge in [0.05, 0.1) is 22.0 Å². The molecule has 0 unspecified atom stereocenters. The lowest BCUT2D eigenvalue weighted by atomic mass is 10.1. The Bertz CT molecular complexity index is 1690. The number of hydrogen-bond acceptors (Lipinski definition) is 9. The molecule has 15 heteroatoms. The van der Waals surface area contributed by atoms with Crippen molar-refractivity contribution in [3.63, 3.8) is 0 Å². The number of imide groups is 1. The highest BCUT2D eigenvalue weighted by Crippen LogP contribution is 2.41. The maximum Gasteiger partial charge on any atom is 0.416 e. The van der Waals surface area contributed by atoms with E-state index in [-0.39, 0.29) is 28.9 Å². The first-order chi connectivity index (χ1) is 21.9. The molecule has 11 nitrogen and oxygen atoms in total. The molecule has 46 heavy (non-hydrogen) atoms. The summed E-state index contributed by atoms with van der Waals surface area (Å²) in [4.78, 5) is 54.1. The third kappa shape index (κ3) is 7.25. The third-order valence-electron chi connectivity index (χ3n) is 7.19. The molecule has 2 saturated heterocycles. The van der Waals surface area contributed by atoms with Gasteiger partial charge in [0.15, 0.2) is 11.5 Å². The summed E-state index contributed by atoms with van der Waals surface area (Å²) in [5.41, 5.74) is -0.624. The first-order valence-corrected chi connectivity index (χ1v) is 14.9. The molecule has 0 atom stereocenters. The van der Waals surface area contributed by atoms with Gasteiger partial charge in [-0.2, -0.15) is 13.2 Å². The monoisotopic (exact) mass is 656 g/mol. The molecule has 0 N–H and O–H groups in total.